The third-order valence-electron chi connectivity index (χ3n) is 1.18. The molecule has 56 valence electrons. The van der Waals surface area contributed by atoms with E-state index in [1.54, 1.807) is 0 Å². The first-order chi connectivity index (χ1) is 5.36. The molecule has 0 aliphatic carbocycles. The van der Waals surface area contributed by atoms with E-state index in [1.807, 2.05) is 0 Å². The van der Waals surface area contributed by atoms with Gasteiger partial charge in [-0.15, -0.1) is 10.2 Å². The molecule has 0 radical (unpaired) electrons. The molecular formula is C4H4N6O. The standard InChI is InChI=1S/C4H4N6O/c11-4-5-1-2(6-4)3-7-9-10-8-3/h1H,(H2,5,6,11)(H,7,8,9,10). The van der Waals surface area contributed by atoms with Crippen molar-refractivity contribution in [3.63, 3.8) is 0 Å². The Morgan fingerprint density at radius 2 is 2.36 bits per heavy atom. The van der Waals surface area contributed by atoms with Gasteiger partial charge in [0.15, 0.2) is 0 Å². The minimum absolute atomic E-state index is 0.287. The average Bonchev–Trinajstić information content (AvgIpc) is 2.55. The SMILES string of the molecule is O=c1[nH]cc(-c2nn[nH]n2)[nH]1. The minimum atomic E-state index is -0.287. The van der Waals surface area contributed by atoms with Crippen LogP contribution in [0.3, 0.4) is 0 Å². The van der Waals surface area contributed by atoms with Crippen LogP contribution in [0, 0.1) is 0 Å². The second-order valence-corrected chi connectivity index (χ2v) is 1.89. The van der Waals surface area contributed by atoms with Gasteiger partial charge in [0.05, 0.1) is 0 Å². The molecule has 0 spiro atoms. The third kappa shape index (κ3) is 0.914. The molecule has 3 N–H and O–H groups in total. The van der Waals surface area contributed by atoms with E-state index in [-0.39, 0.29) is 5.69 Å². The van der Waals surface area contributed by atoms with E-state index in [0.717, 1.165) is 0 Å². The van der Waals surface area contributed by atoms with Crippen molar-refractivity contribution < 1.29 is 0 Å². The van der Waals surface area contributed by atoms with E-state index >= 15 is 0 Å². The molecule has 11 heavy (non-hydrogen) atoms. The summed E-state index contributed by atoms with van der Waals surface area (Å²) in [5, 5.41) is 12.9. The number of rotatable bonds is 1. The molecule has 2 aromatic heterocycles. The summed E-state index contributed by atoms with van der Waals surface area (Å²) in [6, 6.07) is 0. The lowest BCUT2D eigenvalue weighted by molar-refractivity contribution is 0.881. The maximum Gasteiger partial charge on any atom is 0.323 e. The highest BCUT2D eigenvalue weighted by Crippen LogP contribution is 2.03. The first-order valence-electron chi connectivity index (χ1n) is 2.88. The maximum absolute atomic E-state index is 10.6. The lowest BCUT2D eigenvalue weighted by atomic mass is 10.5. The largest absolute Gasteiger partial charge is 0.323 e. The predicted octanol–water partition coefficient (Wildman–Crippen LogP) is -1.12. The number of nitrogens with zero attached hydrogens (tertiary/aromatic N) is 3. The van der Waals surface area contributed by atoms with E-state index in [4.69, 9.17) is 0 Å². The normalized spacial score (nSPS) is 10.2. The van der Waals surface area contributed by atoms with E-state index in [0.29, 0.717) is 11.5 Å². The Hall–Kier alpha value is -1.92. The van der Waals surface area contributed by atoms with E-state index in [1.165, 1.54) is 6.20 Å². The highest BCUT2D eigenvalue weighted by atomic mass is 16.1. The lowest BCUT2D eigenvalue weighted by Crippen LogP contribution is -2.00. The molecule has 0 saturated carbocycles. The van der Waals surface area contributed by atoms with Crippen molar-refractivity contribution in [3.05, 3.63) is 16.7 Å². The zero-order valence-corrected chi connectivity index (χ0v) is 5.33. The van der Waals surface area contributed by atoms with Gasteiger partial charge >= 0.3 is 5.69 Å². The zero-order valence-electron chi connectivity index (χ0n) is 5.33. The van der Waals surface area contributed by atoms with Gasteiger partial charge < -0.3 is 9.97 Å². The molecule has 0 saturated heterocycles. The Labute approximate surface area is 59.9 Å². The number of hydrogen-bond donors (Lipinski definition) is 3. The molecule has 0 aliphatic heterocycles. The maximum atomic E-state index is 10.6. The van der Waals surface area contributed by atoms with Crippen LogP contribution in [-0.4, -0.2) is 30.6 Å². The second kappa shape index (κ2) is 2.04. The summed E-state index contributed by atoms with van der Waals surface area (Å²) in [6.45, 7) is 0. The van der Waals surface area contributed by atoms with Gasteiger partial charge in [0.25, 0.3) is 0 Å². The summed E-state index contributed by atoms with van der Waals surface area (Å²) in [5.41, 5.74) is 0.230. The summed E-state index contributed by atoms with van der Waals surface area (Å²) < 4.78 is 0. The third-order valence-corrected chi connectivity index (χ3v) is 1.18. The molecule has 7 nitrogen and oxygen atoms in total. The zero-order chi connectivity index (χ0) is 7.68. The number of aromatic nitrogens is 6. The van der Waals surface area contributed by atoms with Gasteiger partial charge in [0, 0.05) is 6.20 Å². The second-order valence-electron chi connectivity index (χ2n) is 1.89. The Morgan fingerprint density at radius 3 is 2.91 bits per heavy atom. The monoisotopic (exact) mass is 152 g/mol. The number of nitrogens with one attached hydrogen (secondary N) is 3. The fraction of sp³-hybridized carbons (Fsp3) is 0. The van der Waals surface area contributed by atoms with Gasteiger partial charge in [0.2, 0.25) is 5.82 Å². The molecule has 2 rings (SSSR count). The fourth-order valence-corrected chi connectivity index (χ4v) is 0.729. The van der Waals surface area contributed by atoms with Crippen LogP contribution in [-0.2, 0) is 0 Å². The van der Waals surface area contributed by atoms with Gasteiger partial charge in [-0.2, -0.15) is 5.21 Å². The molecule has 7 heteroatoms. The van der Waals surface area contributed by atoms with Crippen LogP contribution < -0.4 is 5.69 Å². The van der Waals surface area contributed by atoms with E-state index in [9.17, 15) is 4.79 Å². The van der Waals surface area contributed by atoms with Crippen LogP contribution in [0.1, 0.15) is 0 Å². The van der Waals surface area contributed by atoms with Crippen LogP contribution in [0.25, 0.3) is 11.5 Å². The molecule has 0 fully saturated rings. The summed E-state index contributed by atoms with van der Waals surface area (Å²) in [6.07, 6.45) is 1.48. The Balaban J connectivity index is 2.53. The molecule has 0 bridgehead atoms. The molecular weight excluding hydrogens is 148 g/mol. The molecule has 0 aliphatic rings. The number of hydrogen-bond acceptors (Lipinski definition) is 4. The molecule has 0 amide bonds. The first-order valence-corrected chi connectivity index (χ1v) is 2.88. The van der Waals surface area contributed by atoms with Gasteiger partial charge in [0.1, 0.15) is 5.69 Å². The predicted molar refractivity (Wildman–Crippen MR) is 34.6 cm³/mol. The lowest BCUT2D eigenvalue weighted by Gasteiger charge is -1.80. The van der Waals surface area contributed by atoms with Crippen molar-refractivity contribution in [1.29, 1.82) is 0 Å². The Bertz CT molecular complexity index is 383. The van der Waals surface area contributed by atoms with Gasteiger partial charge in [-0.1, -0.05) is 0 Å². The number of H-pyrrole nitrogens is 3. The van der Waals surface area contributed by atoms with E-state index in [2.05, 4.69) is 30.6 Å². The molecule has 0 atom stereocenters. The van der Waals surface area contributed by atoms with Gasteiger partial charge in [-0.05, 0) is 5.21 Å². The smallest absolute Gasteiger partial charge is 0.312 e. The summed E-state index contributed by atoms with van der Waals surface area (Å²) in [4.78, 5) is 15.5. The Morgan fingerprint density at radius 1 is 1.45 bits per heavy atom. The number of imidazole rings is 1. The topological polar surface area (TPSA) is 103 Å². The minimum Gasteiger partial charge on any atom is -0.312 e. The van der Waals surface area contributed by atoms with Crippen molar-refractivity contribution in [1.82, 2.24) is 30.6 Å². The van der Waals surface area contributed by atoms with Crippen LogP contribution >= 0.6 is 0 Å². The molecule has 0 unspecified atom stereocenters. The highest BCUT2D eigenvalue weighted by Gasteiger charge is 2.02. The number of tetrazole rings is 1. The van der Waals surface area contributed by atoms with Crippen LogP contribution in [0.15, 0.2) is 11.0 Å². The van der Waals surface area contributed by atoms with Crippen molar-refractivity contribution in [2.24, 2.45) is 0 Å². The van der Waals surface area contributed by atoms with Crippen LogP contribution in [0.5, 0.6) is 0 Å². The van der Waals surface area contributed by atoms with Crippen LogP contribution in [0.4, 0.5) is 0 Å². The molecule has 0 aromatic carbocycles. The van der Waals surface area contributed by atoms with Crippen molar-refractivity contribution in [2.75, 3.05) is 0 Å². The van der Waals surface area contributed by atoms with Crippen molar-refractivity contribution in [2.45, 2.75) is 0 Å². The quantitative estimate of drug-likeness (QED) is 0.481. The summed E-state index contributed by atoms with van der Waals surface area (Å²) in [7, 11) is 0. The Kier molecular flexibility index (Phi) is 1.08. The van der Waals surface area contributed by atoms with Crippen LogP contribution in [0.2, 0.25) is 0 Å². The molecule has 2 heterocycles. The highest BCUT2D eigenvalue weighted by molar-refractivity contribution is 5.44. The number of aromatic amines is 3. The summed E-state index contributed by atoms with van der Waals surface area (Å²) in [5.74, 6) is 0.364. The summed E-state index contributed by atoms with van der Waals surface area (Å²) >= 11 is 0. The first kappa shape index (κ1) is 5.83. The fourth-order valence-electron chi connectivity index (χ4n) is 0.729. The van der Waals surface area contributed by atoms with E-state index < -0.39 is 0 Å². The van der Waals surface area contributed by atoms with Crippen molar-refractivity contribution >= 4 is 0 Å². The average molecular weight is 152 g/mol. The van der Waals surface area contributed by atoms with Gasteiger partial charge in [-0.3, -0.25) is 0 Å². The van der Waals surface area contributed by atoms with Crippen molar-refractivity contribution in [3.8, 4) is 11.5 Å². The molecule has 2 aromatic rings. The van der Waals surface area contributed by atoms with Gasteiger partial charge in [-0.25, -0.2) is 4.79 Å².